The van der Waals surface area contributed by atoms with Crippen molar-refractivity contribution in [2.45, 2.75) is 19.9 Å². The molecule has 1 aromatic carbocycles. The van der Waals surface area contributed by atoms with Gasteiger partial charge in [0.2, 0.25) is 0 Å². The number of carbonyl (C=O) groups excluding carboxylic acids is 1. The van der Waals surface area contributed by atoms with Crippen LogP contribution in [0.3, 0.4) is 0 Å². The van der Waals surface area contributed by atoms with Crippen LogP contribution in [0.1, 0.15) is 17.5 Å². The lowest BCUT2D eigenvalue weighted by Crippen LogP contribution is -2.39. The molecule has 0 amide bonds. The van der Waals surface area contributed by atoms with E-state index in [1.165, 1.54) is 17.0 Å². The predicted molar refractivity (Wildman–Crippen MR) is 106 cm³/mol. The zero-order valence-electron chi connectivity index (χ0n) is 16.1. The molecule has 2 aromatic heterocycles. The molecule has 0 saturated heterocycles. The van der Waals surface area contributed by atoms with Crippen molar-refractivity contribution in [2.24, 2.45) is 14.1 Å². The van der Waals surface area contributed by atoms with Crippen LogP contribution in [-0.2, 0) is 30.2 Å². The summed E-state index contributed by atoms with van der Waals surface area (Å²) in [6, 6.07) is 7.75. The maximum Gasteiger partial charge on any atom is 0.332 e. The number of imidazole rings is 1. The molecule has 0 bridgehead atoms. The number of hydrogen-bond donors (Lipinski definition) is 0. The van der Waals surface area contributed by atoms with Crippen LogP contribution in [0.2, 0.25) is 0 Å². The first-order chi connectivity index (χ1) is 13.4. The molecule has 28 heavy (non-hydrogen) atoms. The van der Waals surface area contributed by atoms with Crippen molar-refractivity contribution in [3.63, 3.8) is 0 Å². The summed E-state index contributed by atoms with van der Waals surface area (Å²) in [6.07, 6.45) is 4.89. The van der Waals surface area contributed by atoms with E-state index in [-0.39, 0.29) is 13.2 Å². The molecule has 8 nitrogen and oxygen atoms in total. The number of aromatic nitrogens is 4. The molecule has 0 spiro atoms. The SMILES string of the molecule is Cc1ccc(C=CC(=O)OCCCn2c(=O)c3c(ncn3C)n(C)c2=O)cc1. The van der Waals surface area contributed by atoms with Crippen molar-refractivity contribution in [2.75, 3.05) is 6.61 Å². The predicted octanol–water partition coefficient (Wildman–Crippen LogP) is 1.39. The number of benzene rings is 1. The molecule has 3 aromatic rings. The van der Waals surface area contributed by atoms with Gasteiger partial charge >= 0.3 is 11.7 Å². The lowest BCUT2D eigenvalue weighted by atomic mass is 10.1. The smallest absolute Gasteiger partial charge is 0.332 e. The summed E-state index contributed by atoms with van der Waals surface area (Å²) in [5, 5.41) is 0. The molecule has 0 atom stereocenters. The minimum Gasteiger partial charge on any atom is -0.462 e. The first-order valence-corrected chi connectivity index (χ1v) is 8.91. The molecule has 0 radical (unpaired) electrons. The highest BCUT2D eigenvalue weighted by molar-refractivity contribution is 5.87. The zero-order valence-corrected chi connectivity index (χ0v) is 16.1. The molecule has 146 valence electrons. The van der Waals surface area contributed by atoms with E-state index in [1.54, 1.807) is 24.7 Å². The largest absolute Gasteiger partial charge is 0.462 e. The second kappa shape index (κ2) is 8.08. The summed E-state index contributed by atoms with van der Waals surface area (Å²) >= 11 is 0. The first-order valence-electron chi connectivity index (χ1n) is 8.91. The van der Waals surface area contributed by atoms with E-state index in [4.69, 9.17) is 4.74 Å². The molecule has 0 fully saturated rings. The van der Waals surface area contributed by atoms with Crippen molar-refractivity contribution in [3.05, 3.63) is 68.6 Å². The molecule has 2 heterocycles. The van der Waals surface area contributed by atoms with Gasteiger partial charge in [0, 0.05) is 26.7 Å². The molecular formula is C20H22N4O4. The summed E-state index contributed by atoms with van der Waals surface area (Å²) in [6.45, 7) is 2.25. The van der Waals surface area contributed by atoms with Crippen molar-refractivity contribution in [3.8, 4) is 0 Å². The van der Waals surface area contributed by atoms with Crippen LogP contribution >= 0.6 is 0 Å². The van der Waals surface area contributed by atoms with E-state index in [1.807, 2.05) is 31.2 Å². The highest BCUT2D eigenvalue weighted by Crippen LogP contribution is 2.05. The van der Waals surface area contributed by atoms with E-state index in [0.717, 1.165) is 15.7 Å². The van der Waals surface area contributed by atoms with Gasteiger partial charge in [-0.05, 0) is 25.0 Å². The fraction of sp³-hybridized carbons (Fsp3) is 0.300. The maximum absolute atomic E-state index is 12.6. The Morgan fingerprint density at radius 1 is 1.18 bits per heavy atom. The van der Waals surface area contributed by atoms with Gasteiger partial charge in [-0.3, -0.25) is 13.9 Å². The van der Waals surface area contributed by atoms with Crippen LogP contribution < -0.4 is 11.2 Å². The third-order valence-electron chi connectivity index (χ3n) is 4.46. The second-order valence-corrected chi connectivity index (χ2v) is 6.59. The molecule has 0 aliphatic rings. The number of hydrogen-bond acceptors (Lipinski definition) is 5. The molecule has 8 heteroatoms. The van der Waals surface area contributed by atoms with Crippen LogP contribution in [0.5, 0.6) is 0 Å². The van der Waals surface area contributed by atoms with Gasteiger partial charge in [-0.2, -0.15) is 0 Å². The highest BCUT2D eigenvalue weighted by Gasteiger charge is 2.14. The Morgan fingerprint density at radius 2 is 1.89 bits per heavy atom. The van der Waals surface area contributed by atoms with Gasteiger partial charge in [-0.15, -0.1) is 0 Å². The summed E-state index contributed by atoms with van der Waals surface area (Å²) < 4.78 is 9.21. The summed E-state index contributed by atoms with van der Waals surface area (Å²) in [5.41, 5.74) is 1.92. The van der Waals surface area contributed by atoms with Gasteiger partial charge in [-0.25, -0.2) is 14.6 Å². The van der Waals surface area contributed by atoms with Crippen molar-refractivity contribution in [1.29, 1.82) is 0 Å². The van der Waals surface area contributed by atoms with Crippen LogP contribution in [-0.4, -0.2) is 31.3 Å². The second-order valence-electron chi connectivity index (χ2n) is 6.59. The summed E-state index contributed by atoms with van der Waals surface area (Å²) in [7, 11) is 3.28. The van der Waals surface area contributed by atoms with Gasteiger partial charge in [0.1, 0.15) is 0 Å². The third-order valence-corrected chi connectivity index (χ3v) is 4.46. The van der Waals surface area contributed by atoms with E-state index >= 15 is 0 Å². The standard InChI is InChI=1S/C20H22N4O4/c1-14-5-7-15(8-6-14)9-10-16(25)28-12-4-11-24-19(26)17-18(21-13-22(17)2)23(3)20(24)27/h5-10,13H,4,11-12H2,1-3H3. The van der Waals surface area contributed by atoms with Gasteiger partial charge in [0.25, 0.3) is 5.56 Å². The van der Waals surface area contributed by atoms with E-state index in [0.29, 0.717) is 17.6 Å². The fourth-order valence-corrected chi connectivity index (χ4v) is 2.88. The first kappa shape index (κ1) is 19.3. The van der Waals surface area contributed by atoms with Crippen LogP contribution in [0, 0.1) is 6.92 Å². The number of ether oxygens (including phenoxy) is 1. The van der Waals surface area contributed by atoms with Crippen LogP contribution in [0.4, 0.5) is 0 Å². The fourth-order valence-electron chi connectivity index (χ4n) is 2.88. The molecule has 0 aliphatic carbocycles. The summed E-state index contributed by atoms with van der Waals surface area (Å²) in [5.74, 6) is -0.470. The van der Waals surface area contributed by atoms with Gasteiger partial charge in [0.15, 0.2) is 11.2 Å². The zero-order chi connectivity index (χ0) is 20.3. The van der Waals surface area contributed by atoms with E-state index in [2.05, 4.69) is 4.98 Å². The summed E-state index contributed by atoms with van der Waals surface area (Å²) in [4.78, 5) is 40.8. The van der Waals surface area contributed by atoms with E-state index < -0.39 is 17.2 Å². The molecule has 3 rings (SSSR count). The average Bonchev–Trinajstić information content (AvgIpc) is 3.07. The van der Waals surface area contributed by atoms with Crippen molar-refractivity contribution < 1.29 is 9.53 Å². The minimum absolute atomic E-state index is 0.107. The molecule has 0 unspecified atom stereocenters. The number of esters is 1. The lowest BCUT2D eigenvalue weighted by molar-refractivity contribution is -0.137. The van der Waals surface area contributed by atoms with Crippen LogP contribution in [0.25, 0.3) is 17.2 Å². The van der Waals surface area contributed by atoms with Crippen molar-refractivity contribution in [1.82, 2.24) is 18.7 Å². The Balaban J connectivity index is 1.60. The molecular weight excluding hydrogens is 360 g/mol. The number of nitrogens with zero attached hydrogens (tertiary/aromatic N) is 4. The number of fused-ring (bicyclic) bond motifs is 1. The maximum atomic E-state index is 12.6. The Hall–Kier alpha value is -3.42. The molecule has 0 aliphatic heterocycles. The Kier molecular flexibility index (Phi) is 5.58. The molecule has 0 saturated carbocycles. The number of rotatable bonds is 6. The van der Waals surface area contributed by atoms with E-state index in [9.17, 15) is 14.4 Å². The van der Waals surface area contributed by atoms with Gasteiger partial charge in [0.05, 0.1) is 12.9 Å². The average molecular weight is 382 g/mol. The molecule has 0 N–H and O–H groups in total. The van der Waals surface area contributed by atoms with Crippen LogP contribution in [0.15, 0.2) is 46.3 Å². The monoisotopic (exact) mass is 382 g/mol. The normalized spacial score (nSPS) is 11.4. The minimum atomic E-state index is -0.470. The topological polar surface area (TPSA) is 88.1 Å². The van der Waals surface area contributed by atoms with Gasteiger partial charge < -0.3 is 9.30 Å². The third kappa shape index (κ3) is 3.95. The van der Waals surface area contributed by atoms with Gasteiger partial charge in [-0.1, -0.05) is 29.8 Å². The number of carbonyl (C=O) groups is 1. The van der Waals surface area contributed by atoms with Crippen molar-refractivity contribution >= 4 is 23.2 Å². The quantitative estimate of drug-likeness (QED) is 0.365. The lowest BCUT2D eigenvalue weighted by Gasteiger charge is -2.08. The Labute approximate surface area is 161 Å². The Bertz CT molecular complexity index is 1150. The number of aryl methyl sites for hydroxylation is 3. The highest BCUT2D eigenvalue weighted by atomic mass is 16.5. The Morgan fingerprint density at radius 3 is 2.61 bits per heavy atom.